The van der Waals surface area contributed by atoms with Crippen molar-refractivity contribution in [3.05, 3.63) is 63.9 Å². The summed E-state index contributed by atoms with van der Waals surface area (Å²) in [7, 11) is 0. The van der Waals surface area contributed by atoms with Gasteiger partial charge in [0.2, 0.25) is 0 Å². The number of ether oxygens (including phenoxy) is 2. The second-order valence-electron chi connectivity index (χ2n) is 5.48. The normalized spacial score (nSPS) is 10.3. The number of para-hydroxylation sites is 1. The van der Waals surface area contributed by atoms with Crippen LogP contribution in [0.4, 0.5) is 0 Å². The minimum Gasteiger partial charge on any atom is -0.490 e. The van der Waals surface area contributed by atoms with Crippen LogP contribution in [0.5, 0.6) is 11.5 Å². The molecule has 1 aromatic heterocycles. The number of nitriles is 1. The molecule has 0 saturated heterocycles. The van der Waals surface area contributed by atoms with Crippen LogP contribution < -0.4 is 9.47 Å². The Bertz CT molecular complexity index is 1030. The molecule has 0 unspecified atom stereocenters. The molecule has 0 aliphatic carbocycles. The fourth-order valence-electron chi connectivity index (χ4n) is 2.38. The molecular weight excluding hydrogens is 412 g/mol. The number of carbonyl (C=O) groups excluding carboxylic acids is 1. The van der Waals surface area contributed by atoms with E-state index in [0.29, 0.717) is 28.1 Å². The molecule has 27 heavy (non-hydrogen) atoms. The van der Waals surface area contributed by atoms with Crippen LogP contribution in [0.1, 0.15) is 28.7 Å². The van der Waals surface area contributed by atoms with Gasteiger partial charge >= 0.3 is 5.97 Å². The quantitative estimate of drug-likeness (QED) is 0.454. The van der Waals surface area contributed by atoms with Crippen LogP contribution in [0.15, 0.2) is 46.9 Å². The third-order valence-electron chi connectivity index (χ3n) is 3.60. The van der Waals surface area contributed by atoms with Crippen molar-refractivity contribution in [3.63, 3.8) is 0 Å². The van der Waals surface area contributed by atoms with Crippen molar-refractivity contribution < 1.29 is 14.3 Å². The van der Waals surface area contributed by atoms with E-state index in [1.807, 2.05) is 36.4 Å². The zero-order valence-electron chi connectivity index (χ0n) is 14.6. The first-order chi connectivity index (χ1) is 13.0. The summed E-state index contributed by atoms with van der Waals surface area (Å²) in [5.74, 6) is -0.180. The van der Waals surface area contributed by atoms with E-state index in [-0.39, 0.29) is 11.4 Å². The lowest BCUT2D eigenvalue weighted by molar-refractivity contribution is 0.0719. The van der Waals surface area contributed by atoms with E-state index in [0.717, 1.165) is 5.69 Å². The summed E-state index contributed by atoms with van der Waals surface area (Å²) in [6, 6.07) is 14.4. The van der Waals surface area contributed by atoms with Crippen LogP contribution in [-0.2, 0) is 0 Å². The molecule has 2 aromatic carbocycles. The van der Waals surface area contributed by atoms with Gasteiger partial charge in [-0.25, -0.2) is 4.79 Å². The third-order valence-corrected chi connectivity index (χ3v) is 4.18. The van der Waals surface area contributed by atoms with Crippen molar-refractivity contribution in [1.29, 1.82) is 5.26 Å². The minimum atomic E-state index is -0.666. The molecule has 3 rings (SSSR count). The first-order valence-corrected chi connectivity index (χ1v) is 8.90. The van der Waals surface area contributed by atoms with Gasteiger partial charge in [-0.3, -0.25) is 0 Å². The number of rotatable bonds is 5. The summed E-state index contributed by atoms with van der Waals surface area (Å²) in [5, 5.41) is 17.6. The molecule has 0 fully saturated rings. The molecule has 8 heteroatoms. The Morgan fingerprint density at radius 3 is 2.67 bits per heavy atom. The molecule has 0 spiro atoms. The smallest absolute Gasteiger partial charge is 0.366 e. The fourth-order valence-corrected chi connectivity index (χ4v) is 2.90. The van der Waals surface area contributed by atoms with E-state index in [2.05, 4.69) is 26.1 Å². The summed E-state index contributed by atoms with van der Waals surface area (Å²) in [5.41, 5.74) is 1.65. The fraction of sp³-hybridized carbons (Fsp3) is 0.158. The van der Waals surface area contributed by atoms with Gasteiger partial charge in [0.1, 0.15) is 0 Å². The van der Waals surface area contributed by atoms with Crippen molar-refractivity contribution in [2.45, 2.75) is 13.8 Å². The SMILES string of the molecule is CCOc1cc(C#N)cc(Br)c1OC(=O)c1nn(-c2ccccc2)nc1C. The molecule has 0 N–H and O–H groups in total. The number of esters is 1. The number of nitrogens with zero attached hydrogens (tertiary/aromatic N) is 4. The standard InChI is InChI=1S/C19H15BrN4O3/c1-3-26-16-10-13(11-21)9-15(20)18(16)27-19(25)17-12(2)22-24(23-17)14-7-5-4-6-8-14/h4-10H,3H2,1-2H3. The van der Waals surface area contributed by atoms with Crippen LogP contribution in [0.3, 0.4) is 0 Å². The topological polar surface area (TPSA) is 90.0 Å². The number of halogens is 1. The average molecular weight is 427 g/mol. The van der Waals surface area contributed by atoms with E-state index in [1.54, 1.807) is 19.9 Å². The van der Waals surface area contributed by atoms with E-state index in [1.165, 1.54) is 10.9 Å². The van der Waals surface area contributed by atoms with Crippen LogP contribution in [0, 0.1) is 18.3 Å². The Balaban J connectivity index is 1.93. The Morgan fingerprint density at radius 2 is 2.00 bits per heavy atom. The van der Waals surface area contributed by atoms with Gasteiger partial charge in [0.05, 0.1) is 34.1 Å². The van der Waals surface area contributed by atoms with Crippen molar-refractivity contribution in [2.75, 3.05) is 6.61 Å². The highest BCUT2D eigenvalue weighted by molar-refractivity contribution is 9.10. The van der Waals surface area contributed by atoms with Gasteiger partial charge in [-0.1, -0.05) is 18.2 Å². The second kappa shape index (κ2) is 8.01. The lowest BCUT2D eigenvalue weighted by Gasteiger charge is -2.12. The number of aryl methyl sites for hydroxylation is 1. The van der Waals surface area contributed by atoms with Gasteiger partial charge in [-0.15, -0.1) is 5.10 Å². The Hall–Kier alpha value is -3.18. The maximum absolute atomic E-state index is 12.7. The second-order valence-corrected chi connectivity index (χ2v) is 6.33. The van der Waals surface area contributed by atoms with E-state index >= 15 is 0 Å². The third kappa shape index (κ3) is 3.99. The molecule has 3 aromatic rings. The maximum atomic E-state index is 12.7. The molecule has 0 aliphatic heterocycles. The van der Waals surface area contributed by atoms with Crippen molar-refractivity contribution in [2.24, 2.45) is 0 Å². The number of hydrogen-bond donors (Lipinski definition) is 0. The summed E-state index contributed by atoms with van der Waals surface area (Å²) >= 11 is 3.32. The number of hydrogen-bond acceptors (Lipinski definition) is 6. The van der Waals surface area contributed by atoms with Crippen molar-refractivity contribution in [3.8, 4) is 23.3 Å². The molecule has 0 saturated carbocycles. The first kappa shape index (κ1) is 18.6. The Labute approximate surface area is 164 Å². The first-order valence-electron chi connectivity index (χ1n) is 8.11. The molecule has 1 heterocycles. The lowest BCUT2D eigenvalue weighted by atomic mass is 10.2. The van der Waals surface area contributed by atoms with E-state index in [9.17, 15) is 4.79 Å². The molecule has 0 radical (unpaired) electrons. The van der Waals surface area contributed by atoms with E-state index in [4.69, 9.17) is 14.7 Å². The lowest BCUT2D eigenvalue weighted by Crippen LogP contribution is -2.13. The number of aromatic nitrogens is 3. The van der Waals surface area contributed by atoms with Crippen LogP contribution in [0.2, 0.25) is 0 Å². The summed E-state index contributed by atoms with van der Waals surface area (Å²) in [6.45, 7) is 3.84. The molecular formula is C19H15BrN4O3. The summed E-state index contributed by atoms with van der Waals surface area (Å²) in [4.78, 5) is 14.0. The Kier molecular flexibility index (Phi) is 5.52. The minimum absolute atomic E-state index is 0.0950. The van der Waals surface area contributed by atoms with Crippen LogP contribution >= 0.6 is 15.9 Å². The highest BCUT2D eigenvalue weighted by atomic mass is 79.9. The van der Waals surface area contributed by atoms with Gasteiger partial charge < -0.3 is 9.47 Å². The van der Waals surface area contributed by atoms with Gasteiger partial charge in [-0.05, 0) is 48.0 Å². The van der Waals surface area contributed by atoms with E-state index < -0.39 is 5.97 Å². The highest BCUT2D eigenvalue weighted by Crippen LogP contribution is 2.37. The molecule has 7 nitrogen and oxygen atoms in total. The predicted molar refractivity (Wildman–Crippen MR) is 101 cm³/mol. The molecule has 0 amide bonds. The van der Waals surface area contributed by atoms with Crippen molar-refractivity contribution >= 4 is 21.9 Å². The average Bonchev–Trinajstić information content (AvgIpc) is 3.07. The highest BCUT2D eigenvalue weighted by Gasteiger charge is 2.22. The number of benzene rings is 2. The zero-order valence-corrected chi connectivity index (χ0v) is 16.2. The van der Waals surface area contributed by atoms with Crippen molar-refractivity contribution in [1.82, 2.24) is 15.0 Å². The van der Waals surface area contributed by atoms with Crippen LogP contribution in [0.25, 0.3) is 5.69 Å². The van der Waals surface area contributed by atoms with Gasteiger partial charge in [0.25, 0.3) is 0 Å². The molecule has 136 valence electrons. The zero-order chi connectivity index (χ0) is 19.4. The summed E-state index contributed by atoms with van der Waals surface area (Å²) < 4.78 is 11.4. The predicted octanol–water partition coefficient (Wildman–Crippen LogP) is 3.83. The Morgan fingerprint density at radius 1 is 1.26 bits per heavy atom. The van der Waals surface area contributed by atoms with Crippen LogP contribution in [-0.4, -0.2) is 27.6 Å². The van der Waals surface area contributed by atoms with Gasteiger partial charge in [0, 0.05) is 6.07 Å². The molecule has 0 atom stereocenters. The van der Waals surface area contributed by atoms with Gasteiger partial charge in [-0.2, -0.15) is 15.2 Å². The van der Waals surface area contributed by atoms with Gasteiger partial charge in [0.15, 0.2) is 17.2 Å². The summed E-state index contributed by atoms with van der Waals surface area (Å²) in [6.07, 6.45) is 0. The maximum Gasteiger partial charge on any atom is 0.366 e. The number of carbonyl (C=O) groups is 1. The monoisotopic (exact) mass is 426 g/mol. The molecule has 0 bridgehead atoms. The largest absolute Gasteiger partial charge is 0.490 e. The molecule has 0 aliphatic rings.